The topological polar surface area (TPSA) is 104 Å². The molecule has 8 heteroatoms. The molecule has 0 aliphatic carbocycles. The van der Waals surface area contributed by atoms with Crippen molar-refractivity contribution in [3.8, 4) is 11.5 Å². The van der Waals surface area contributed by atoms with Crippen LogP contribution >= 0.6 is 11.3 Å². The first kappa shape index (κ1) is 15.8. The van der Waals surface area contributed by atoms with E-state index >= 15 is 0 Å². The summed E-state index contributed by atoms with van der Waals surface area (Å²) in [5, 5.41) is 4.71. The second kappa shape index (κ2) is 6.90. The molecular weight excluding hydrogens is 306 g/mol. The SMILES string of the molecule is COc1cccc(C(=O)Nc2nc(CC(N)=O)cs2)c1OC. The van der Waals surface area contributed by atoms with Crippen LogP contribution in [0.5, 0.6) is 11.5 Å². The summed E-state index contributed by atoms with van der Waals surface area (Å²) in [6.07, 6.45) is 0.0366. The number of benzene rings is 1. The molecule has 116 valence electrons. The summed E-state index contributed by atoms with van der Waals surface area (Å²) >= 11 is 1.22. The third-order valence-corrected chi connectivity index (χ3v) is 3.58. The van der Waals surface area contributed by atoms with E-state index in [1.54, 1.807) is 23.6 Å². The van der Waals surface area contributed by atoms with E-state index in [0.29, 0.717) is 27.9 Å². The second-order valence-corrected chi connectivity index (χ2v) is 5.14. The Balaban J connectivity index is 2.19. The predicted molar refractivity (Wildman–Crippen MR) is 82.5 cm³/mol. The summed E-state index contributed by atoms with van der Waals surface area (Å²) in [6, 6.07) is 5.01. The maximum atomic E-state index is 12.3. The lowest BCUT2D eigenvalue weighted by molar-refractivity contribution is -0.117. The standard InChI is InChI=1S/C14H15N3O4S/c1-20-10-5-3-4-9(12(10)21-2)13(19)17-14-16-8(7-22-14)6-11(15)18/h3-5,7H,6H2,1-2H3,(H2,15,18)(H,16,17,19). The molecule has 0 spiro atoms. The largest absolute Gasteiger partial charge is 0.493 e. The molecule has 2 amide bonds. The molecule has 1 heterocycles. The first-order valence-electron chi connectivity index (χ1n) is 6.30. The molecule has 1 aromatic carbocycles. The molecule has 3 N–H and O–H groups in total. The van der Waals surface area contributed by atoms with Crippen LogP contribution in [0, 0.1) is 0 Å². The van der Waals surface area contributed by atoms with Gasteiger partial charge in [0.2, 0.25) is 5.91 Å². The van der Waals surface area contributed by atoms with Gasteiger partial charge in [-0.3, -0.25) is 14.9 Å². The minimum Gasteiger partial charge on any atom is -0.493 e. The van der Waals surface area contributed by atoms with E-state index < -0.39 is 5.91 Å². The molecule has 22 heavy (non-hydrogen) atoms. The number of nitrogens with one attached hydrogen (secondary N) is 1. The zero-order valence-electron chi connectivity index (χ0n) is 12.1. The first-order valence-corrected chi connectivity index (χ1v) is 7.18. The Labute approximate surface area is 131 Å². The molecule has 0 fully saturated rings. The Morgan fingerprint density at radius 1 is 1.32 bits per heavy atom. The number of nitrogens with zero attached hydrogens (tertiary/aromatic N) is 1. The molecule has 1 aromatic heterocycles. The van der Waals surface area contributed by atoms with Crippen molar-refractivity contribution in [1.29, 1.82) is 0 Å². The van der Waals surface area contributed by atoms with Crippen molar-refractivity contribution in [3.63, 3.8) is 0 Å². The van der Waals surface area contributed by atoms with Crippen LogP contribution in [0.1, 0.15) is 16.1 Å². The lowest BCUT2D eigenvalue weighted by atomic mass is 10.1. The Morgan fingerprint density at radius 2 is 2.09 bits per heavy atom. The fraction of sp³-hybridized carbons (Fsp3) is 0.214. The average molecular weight is 321 g/mol. The zero-order chi connectivity index (χ0) is 16.1. The number of primary amides is 1. The number of amides is 2. The van der Waals surface area contributed by atoms with Gasteiger partial charge >= 0.3 is 0 Å². The summed E-state index contributed by atoms with van der Waals surface area (Å²) in [7, 11) is 2.96. The number of ether oxygens (including phenoxy) is 2. The number of para-hydroxylation sites is 1. The Bertz CT molecular complexity index is 699. The summed E-state index contributed by atoms with van der Waals surface area (Å²) in [5.74, 6) is -0.0477. The van der Waals surface area contributed by atoms with Gasteiger partial charge in [-0.25, -0.2) is 4.98 Å². The number of aromatic nitrogens is 1. The minimum absolute atomic E-state index is 0.0366. The minimum atomic E-state index is -0.474. The molecule has 0 atom stereocenters. The molecule has 0 aliphatic heterocycles. The van der Waals surface area contributed by atoms with Crippen LogP contribution in [0.4, 0.5) is 5.13 Å². The molecule has 0 saturated carbocycles. The van der Waals surface area contributed by atoms with Crippen LogP contribution in [0.25, 0.3) is 0 Å². The Hall–Kier alpha value is -2.61. The van der Waals surface area contributed by atoms with Crippen molar-refractivity contribution in [2.45, 2.75) is 6.42 Å². The molecule has 0 unspecified atom stereocenters. The van der Waals surface area contributed by atoms with Crippen molar-refractivity contribution < 1.29 is 19.1 Å². The number of nitrogens with two attached hydrogens (primary N) is 1. The summed E-state index contributed by atoms with van der Waals surface area (Å²) in [6.45, 7) is 0. The number of carbonyl (C=O) groups is 2. The zero-order valence-corrected chi connectivity index (χ0v) is 12.9. The third-order valence-electron chi connectivity index (χ3n) is 2.78. The number of thiazole rings is 1. The molecule has 2 rings (SSSR count). The van der Waals surface area contributed by atoms with Crippen LogP contribution in [0.2, 0.25) is 0 Å². The van der Waals surface area contributed by atoms with E-state index in [9.17, 15) is 9.59 Å². The highest BCUT2D eigenvalue weighted by molar-refractivity contribution is 7.14. The number of hydrogen-bond donors (Lipinski definition) is 2. The van der Waals surface area contributed by atoms with E-state index in [4.69, 9.17) is 15.2 Å². The highest BCUT2D eigenvalue weighted by Gasteiger charge is 2.17. The summed E-state index contributed by atoms with van der Waals surface area (Å²) < 4.78 is 10.4. The number of rotatable bonds is 6. The highest BCUT2D eigenvalue weighted by Crippen LogP contribution is 2.31. The lowest BCUT2D eigenvalue weighted by Gasteiger charge is -2.11. The summed E-state index contributed by atoms with van der Waals surface area (Å²) in [4.78, 5) is 27.3. The van der Waals surface area contributed by atoms with Gasteiger partial charge in [0.25, 0.3) is 5.91 Å². The molecular formula is C14H15N3O4S. The van der Waals surface area contributed by atoms with E-state index in [-0.39, 0.29) is 12.3 Å². The molecule has 0 bridgehead atoms. The molecule has 0 aliphatic rings. The quantitative estimate of drug-likeness (QED) is 0.838. The van der Waals surface area contributed by atoms with E-state index in [0.717, 1.165) is 0 Å². The number of carbonyl (C=O) groups excluding carboxylic acids is 2. The fourth-order valence-electron chi connectivity index (χ4n) is 1.85. The van der Waals surface area contributed by atoms with Gasteiger partial charge in [0, 0.05) is 5.38 Å². The smallest absolute Gasteiger partial charge is 0.261 e. The molecule has 0 saturated heterocycles. The lowest BCUT2D eigenvalue weighted by Crippen LogP contribution is -2.15. The average Bonchev–Trinajstić information content (AvgIpc) is 2.92. The molecule has 2 aromatic rings. The normalized spacial score (nSPS) is 10.1. The van der Waals surface area contributed by atoms with Gasteiger partial charge in [-0.05, 0) is 12.1 Å². The van der Waals surface area contributed by atoms with Crippen LogP contribution < -0.4 is 20.5 Å². The van der Waals surface area contributed by atoms with Crippen molar-refractivity contribution in [1.82, 2.24) is 4.98 Å². The van der Waals surface area contributed by atoms with Gasteiger partial charge < -0.3 is 15.2 Å². The fourth-order valence-corrected chi connectivity index (χ4v) is 2.56. The van der Waals surface area contributed by atoms with Gasteiger partial charge in [0.1, 0.15) is 0 Å². The van der Waals surface area contributed by atoms with Crippen LogP contribution in [-0.4, -0.2) is 31.0 Å². The maximum absolute atomic E-state index is 12.3. The van der Waals surface area contributed by atoms with Gasteiger partial charge in [-0.15, -0.1) is 11.3 Å². The van der Waals surface area contributed by atoms with Crippen molar-refractivity contribution in [2.75, 3.05) is 19.5 Å². The van der Waals surface area contributed by atoms with Gasteiger partial charge in [-0.1, -0.05) is 6.07 Å². The Kier molecular flexibility index (Phi) is 4.95. The summed E-state index contributed by atoms with van der Waals surface area (Å²) in [5.41, 5.74) is 5.95. The molecule has 7 nitrogen and oxygen atoms in total. The van der Waals surface area contributed by atoms with E-state index in [1.807, 2.05) is 0 Å². The van der Waals surface area contributed by atoms with Gasteiger partial charge in [0.05, 0.1) is 31.9 Å². The van der Waals surface area contributed by atoms with Crippen molar-refractivity contribution in [3.05, 3.63) is 34.8 Å². The monoisotopic (exact) mass is 321 g/mol. The second-order valence-electron chi connectivity index (χ2n) is 4.28. The predicted octanol–water partition coefficient (Wildman–Crippen LogP) is 1.44. The van der Waals surface area contributed by atoms with Gasteiger partial charge in [0.15, 0.2) is 16.6 Å². The van der Waals surface area contributed by atoms with E-state index in [1.165, 1.54) is 25.6 Å². The van der Waals surface area contributed by atoms with Crippen LogP contribution in [0.15, 0.2) is 23.6 Å². The van der Waals surface area contributed by atoms with Crippen molar-refractivity contribution >= 4 is 28.3 Å². The highest BCUT2D eigenvalue weighted by atomic mass is 32.1. The number of anilines is 1. The molecule has 0 radical (unpaired) electrons. The third kappa shape index (κ3) is 3.53. The number of methoxy groups -OCH3 is 2. The maximum Gasteiger partial charge on any atom is 0.261 e. The van der Waals surface area contributed by atoms with E-state index in [2.05, 4.69) is 10.3 Å². The first-order chi connectivity index (χ1) is 10.5. The van der Waals surface area contributed by atoms with Crippen LogP contribution in [0.3, 0.4) is 0 Å². The van der Waals surface area contributed by atoms with Crippen LogP contribution in [-0.2, 0) is 11.2 Å². The van der Waals surface area contributed by atoms with Crippen molar-refractivity contribution in [2.24, 2.45) is 5.73 Å². The number of hydrogen-bond acceptors (Lipinski definition) is 6. The Morgan fingerprint density at radius 3 is 2.73 bits per heavy atom. The van der Waals surface area contributed by atoms with Gasteiger partial charge in [-0.2, -0.15) is 0 Å².